The monoisotopic (exact) mass is 240 g/mol. The molecule has 4 heteroatoms. The molecule has 0 aliphatic heterocycles. The summed E-state index contributed by atoms with van der Waals surface area (Å²) in [6.45, 7) is 6.50. The van der Waals surface area contributed by atoms with Crippen molar-refractivity contribution < 1.29 is 4.79 Å². The number of rotatable bonds is 5. The van der Waals surface area contributed by atoms with Gasteiger partial charge in [-0.25, -0.2) is 0 Å². The molecule has 0 fully saturated rings. The van der Waals surface area contributed by atoms with Crippen molar-refractivity contribution in [3.05, 3.63) is 21.9 Å². The second-order valence-electron chi connectivity index (χ2n) is 4.28. The molecular weight excluding hydrogens is 220 g/mol. The Labute approximate surface area is 101 Å². The summed E-state index contributed by atoms with van der Waals surface area (Å²) in [5.74, 6) is 0.0328. The molecule has 0 saturated heterocycles. The third-order valence-corrected chi connectivity index (χ3v) is 3.78. The highest BCUT2D eigenvalue weighted by atomic mass is 32.1. The summed E-state index contributed by atoms with van der Waals surface area (Å²) in [6.07, 6.45) is 1.02. The molecule has 0 unspecified atom stereocenters. The molecule has 2 N–H and O–H groups in total. The molecule has 0 aromatic carbocycles. The first-order chi connectivity index (χ1) is 7.51. The van der Waals surface area contributed by atoms with E-state index in [0.29, 0.717) is 6.54 Å². The number of thiophene rings is 1. The normalized spacial score (nSPS) is 11.5. The van der Waals surface area contributed by atoms with Gasteiger partial charge in [-0.1, -0.05) is 6.92 Å². The van der Waals surface area contributed by atoms with Gasteiger partial charge in [0, 0.05) is 4.88 Å². The molecule has 0 aliphatic rings. The second-order valence-corrected chi connectivity index (χ2v) is 5.28. The molecule has 1 heterocycles. The van der Waals surface area contributed by atoms with E-state index in [9.17, 15) is 4.79 Å². The van der Waals surface area contributed by atoms with E-state index in [1.807, 2.05) is 13.8 Å². The average molecular weight is 240 g/mol. The van der Waals surface area contributed by atoms with Crippen LogP contribution in [0.2, 0.25) is 0 Å². The SMILES string of the molecule is CCc1ccsc1CNC(=O)C(C)(C)NC. The van der Waals surface area contributed by atoms with Crippen LogP contribution in [-0.2, 0) is 17.8 Å². The zero-order valence-electron chi connectivity index (χ0n) is 10.4. The van der Waals surface area contributed by atoms with Crippen molar-refractivity contribution in [2.75, 3.05) is 7.05 Å². The summed E-state index contributed by atoms with van der Waals surface area (Å²) < 4.78 is 0. The number of likely N-dealkylation sites (N-methyl/N-ethyl adjacent to an activating group) is 1. The number of carbonyl (C=O) groups excluding carboxylic acids is 1. The standard InChI is InChI=1S/C12H20N2OS/c1-5-9-6-7-16-10(9)8-14-11(15)12(2,3)13-4/h6-7,13H,5,8H2,1-4H3,(H,14,15). The van der Waals surface area contributed by atoms with Crippen LogP contribution in [0.4, 0.5) is 0 Å². The summed E-state index contributed by atoms with van der Waals surface area (Å²) in [7, 11) is 1.79. The minimum absolute atomic E-state index is 0.0328. The van der Waals surface area contributed by atoms with Crippen LogP contribution in [0.3, 0.4) is 0 Å². The quantitative estimate of drug-likeness (QED) is 0.825. The van der Waals surface area contributed by atoms with Crippen molar-refractivity contribution in [1.29, 1.82) is 0 Å². The van der Waals surface area contributed by atoms with Gasteiger partial charge in [-0.05, 0) is 44.3 Å². The van der Waals surface area contributed by atoms with Gasteiger partial charge in [0.25, 0.3) is 0 Å². The molecule has 1 rings (SSSR count). The third-order valence-electron chi connectivity index (χ3n) is 2.82. The Kier molecular flexibility index (Phi) is 4.50. The average Bonchev–Trinajstić information content (AvgIpc) is 2.72. The van der Waals surface area contributed by atoms with Crippen LogP contribution in [0.15, 0.2) is 11.4 Å². The molecular formula is C12H20N2OS. The fraction of sp³-hybridized carbons (Fsp3) is 0.583. The number of hydrogen-bond acceptors (Lipinski definition) is 3. The zero-order valence-corrected chi connectivity index (χ0v) is 11.2. The first-order valence-electron chi connectivity index (χ1n) is 5.53. The van der Waals surface area contributed by atoms with E-state index >= 15 is 0 Å². The van der Waals surface area contributed by atoms with Crippen molar-refractivity contribution in [3.63, 3.8) is 0 Å². The van der Waals surface area contributed by atoms with E-state index in [4.69, 9.17) is 0 Å². The Morgan fingerprint density at radius 1 is 1.50 bits per heavy atom. The van der Waals surface area contributed by atoms with Crippen LogP contribution in [0.25, 0.3) is 0 Å². The van der Waals surface area contributed by atoms with Crippen LogP contribution in [0.1, 0.15) is 31.2 Å². The van der Waals surface area contributed by atoms with Crippen LogP contribution < -0.4 is 10.6 Å². The maximum atomic E-state index is 11.8. The van der Waals surface area contributed by atoms with Crippen molar-refractivity contribution in [3.8, 4) is 0 Å². The van der Waals surface area contributed by atoms with E-state index in [2.05, 4.69) is 29.0 Å². The summed E-state index contributed by atoms with van der Waals surface area (Å²) in [4.78, 5) is 13.1. The van der Waals surface area contributed by atoms with Crippen LogP contribution in [0, 0.1) is 0 Å². The Balaban J connectivity index is 2.55. The van der Waals surface area contributed by atoms with E-state index in [-0.39, 0.29) is 5.91 Å². The minimum atomic E-state index is -0.510. The Bertz CT molecular complexity index is 358. The van der Waals surface area contributed by atoms with Gasteiger partial charge in [-0.15, -0.1) is 11.3 Å². The van der Waals surface area contributed by atoms with Gasteiger partial charge in [0.1, 0.15) is 0 Å². The van der Waals surface area contributed by atoms with Crippen molar-refractivity contribution in [2.45, 2.75) is 39.3 Å². The summed E-state index contributed by atoms with van der Waals surface area (Å²) in [5, 5.41) is 8.02. The van der Waals surface area contributed by atoms with Gasteiger partial charge in [-0.3, -0.25) is 4.79 Å². The Morgan fingerprint density at radius 2 is 2.19 bits per heavy atom. The molecule has 90 valence electrons. The molecule has 0 radical (unpaired) electrons. The fourth-order valence-electron chi connectivity index (χ4n) is 1.33. The molecule has 1 amide bonds. The maximum Gasteiger partial charge on any atom is 0.240 e. The molecule has 0 aliphatic carbocycles. The molecule has 1 aromatic heterocycles. The van der Waals surface area contributed by atoms with Gasteiger partial charge < -0.3 is 10.6 Å². The number of carbonyl (C=O) groups is 1. The van der Waals surface area contributed by atoms with E-state index in [1.165, 1.54) is 10.4 Å². The van der Waals surface area contributed by atoms with Crippen molar-refractivity contribution in [2.24, 2.45) is 0 Å². The summed E-state index contributed by atoms with van der Waals surface area (Å²) in [6, 6.07) is 2.12. The second kappa shape index (κ2) is 5.46. The van der Waals surface area contributed by atoms with Gasteiger partial charge in [0.05, 0.1) is 12.1 Å². The molecule has 0 spiro atoms. The Hall–Kier alpha value is -0.870. The number of hydrogen-bond donors (Lipinski definition) is 2. The molecule has 0 saturated carbocycles. The lowest BCUT2D eigenvalue weighted by Gasteiger charge is -2.22. The van der Waals surface area contributed by atoms with Gasteiger partial charge >= 0.3 is 0 Å². The fourth-order valence-corrected chi connectivity index (χ4v) is 2.25. The van der Waals surface area contributed by atoms with Gasteiger partial charge in [0.15, 0.2) is 0 Å². The first kappa shape index (κ1) is 13.2. The highest BCUT2D eigenvalue weighted by Crippen LogP contribution is 2.17. The lowest BCUT2D eigenvalue weighted by Crippen LogP contribution is -2.50. The largest absolute Gasteiger partial charge is 0.350 e. The smallest absolute Gasteiger partial charge is 0.240 e. The molecule has 1 aromatic rings. The molecule has 16 heavy (non-hydrogen) atoms. The van der Waals surface area contributed by atoms with Crippen molar-refractivity contribution in [1.82, 2.24) is 10.6 Å². The number of aryl methyl sites for hydroxylation is 1. The van der Waals surface area contributed by atoms with E-state index in [1.54, 1.807) is 18.4 Å². The van der Waals surface area contributed by atoms with E-state index < -0.39 is 5.54 Å². The molecule has 0 bridgehead atoms. The molecule has 3 nitrogen and oxygen atoms in total. The predicted octanol–water partition coefficient (Wildman–Crippen LogP) is 1.92. The highest BCUT2D eigenvalue weighted by Gasteiger charge is 2.24. The summed E-state index contributed by atoms with van der Waals surface area (Å²) in [5.41, 5.74) is 0.816. The van der Waals surface area contributed by atoms with Crippen LogP contribution in [0.5, 0.6) is 0 Å². The van der Waals surface area contributed by atoms with Crippen molar-refractivity contribution >= 4 is 17.2 Å². The zero-order chi connectivity index (χ0) is 12.2. The number of amides is 1. The molecule has 0 atom stereocenters. The van der Waals surface area contributed by atoms with Gasteiger partial charge in [0.2, 0.25) is 5.91 Å². The maximum absolute atomic E-state index is 11.8. The topological polar surface area (TPSA) is 41.1 Å². The lowest BCUT2D eigenvalue weighted by atomic mass is 10.1. The van der Waals surface area contributed by atoms with Crippen LogP contribution in [-0.4, -0.2) is 18.5 Å². The van der Waals surface area contributed by atoms with Gasteiger partial charge in [-0.2, -0.15) is 0 Å². The Morgan fingerprint density at radius 3 is 2.75 bits per heavy atom. The predicted molar refractivity (Wildman–Crippen MR) is 68.7 cm³/mol. The van der Waals surface area contributed by atoms with Crippen LogP contribution >= 0.6 is 11.3 Å². The highest BCUT2D eigenvalue weighted by molar-refractivity contribution is 7.10. The minimum Gasteiger partial charge on any atom is -0.350 e. The third kappa shape index (κ3) is 3.06. The summed E-state index contributed by atoms with van der Waals surface area (Å²) >= 11 is 1.70. The first-order valence-corrected chi connectivity index (χ1v) is 6.41. The number of nitrogens with one attached hydrogen (secondary N) is 2. The van der Waals surface area contributed by atoms with E-state index in [0.717, 1.165) is 6.42 Å². The lowest BCUT2D eigenvalue weighted by molar-refractivity contribution is -0.126.